The number of carbonyl (C=O) groups excluding carboxylic acids is 1. The second-order valence-corrected chi connectivity index (χ2v) is 11.2. The second-order valence-electron chi connectivity index (χ2n) is 8.95. The smallest absolute Gasteiger partial charge is 0.338 e. The predicted octanol–water partition coefficient (Wildman–Crippen LogP) is 7.46. The van der Waals surface area contributed by atoms with Gasteiger partial charge in [-0.1, -0.05) is 35.9 Å². The lowest BCUT2D eigenvalue weighted by Gasteiger charge is -2.38. The fourth-order valence-corrected chi connectivity index (χ4v) is 7.40. The number of nitrogens with one attached hydrogen (secondary N) is 1. The van der Waals surface area contributed by atoms with Crippen molar-refractivity contribution in [3.63, 3.8) is 0 Å². The number of carbonyl (C=O) groups is 1. The first-order valence-electron chi connectivity index (χ1n) is 11.7. The molecule has 1 fully saturated rings. The highest BCUT2D eigenvalue weighted by Crippen LogP contribution is 2.58. The molecule has 9 heteroatoms. The van der Waals surface area contributed by atoms with Gasteiger partial charge in [0.05, 0.1) is 33.4 Å². The summed E-state index contributed by atoms with van der Waals surface area (Å²) >= 11 is 14.8. The molecule has 0 unspecified atom stereocenters. The monoisotopic (exact) mass is 542 g/mol. The largest absolute Gasteiger partial charge is 0.462 e. The van der Waals surface area contributed by atoms with E-state index in [4.69, 9.17) is 27.9 Å². The molecule has 1 N–H and O–H groups in total. The van der Waals surface area contributed by atoms with Gasteiger partial charge in [-0.2, -0.15) is 0 Å². The fourth-order valence-electron chi connectivity index (χ4n) is 5.33. The van der Waals surface area contributed by atoms with E-state index in [9.17, 15) is 14.9 Å². The maximum Gasteiger partial charge on any atom is 0.338 e. The van der Waals surface area contributed by atoms with E-state index in [2.05, 4.69) is 5.32 Å². The van der Waals surface area contributed by atoms with E-state index in [0.29, 0.717) is 22.1 Å². The minimum atomic E-state index is -0.369. The predicted molar refractivity (Wildman–Crippen MR) is 143 cm³/mol. The normalized spacial score (nSPS) is 24.4. The number of hydrogen-bond acceptors (Lipinski definition) is 6. The number of rotatable bonds is 6. The van der Waals surface area contributed by atoms with Crippen LogP contribution in [0.5, 0.6) is 0 Å². The van der Waals surface area contributed by atoms with Crippen molar-refractivity contribution in [1.82, 2.24) is 0 Å². The van der Waals surface area contributed by atoms with Crippen molar-refractivity contribution in [2.75, 3.05) is 11.9 Å². The van der Waals surface area contributed by atoms with Crippen LogP contribution in [0.25, 0.3) is 0 Å². The lowest BCUT2D eigenvalue weighted by Crippen LogP contribution is -2.31. The van der Waals surface area contributed by atoms with Crippen LogP contribution in [0, 0.1) is 16.0 Å². The van der Waals surface area contributed by atoms with Crippen LogP contribution in [-0.2, 0) is 4.74 Å². The van der Waals surface area contributed by atoms with Gasteiger partial charge in [0, 0.05) is 27.9 Å². The van der Waals surface area contributed by atoms with E-state index in [1.807, 2.05) is 36.4 Å². The van der Waals surface area contributed by atoms with Gasteiger partial charge in [-0.25, -0.2) is 4.79 Å². The molecule has 1 aliphatic carbocycles. The Morgan fingerprint density at radius 3 is 2.64 bits per heavy atom. The van der Waals surface area contributed by atoms with Crippen molar-refractivity contribution < 1.29 is 14.5 Å². The van der Waals surface area contributed by atoms with Crippen molar-refractivity contribution in [3.05, 3.63) is 98.6 Å². The number of halogens is 2. The van der Waals surface area contributed by atoms with Crippen LogP contribution < -0.4 is 5.32 Å². The Morgan fingerprint density at radius 2 is 1.92 bits per heavy atom. The summed E-state index contributed by atoms with van der Waals surface area (Å²) in [6, 6.07) is 20.1. The van der Waals surface area contributed by atoms with Gasteiger partial charge in [-0.05, 0) is 66.8 Å². The number of nitro benzene ring substituents is 1. The van der Waals surface area contributed by atoms with Gasteiger partial charge < -0.3 is 10.1 Å². The minimum absolute atomic E-state index is 0.0224. The molecule has 0 aromatic heterocycles. The lowest BCUT2D eigenvalue weighted by molar-refractivity contribution is -0.387. The number of alkyl halides is 1. The van der Waals surface area contributed by atoms with Crippen LogP contribution in [0.1, 0.15) is 46.8 Å². The van der Waals surface area contributed by atoms with Gasteiger partial charge >= 0.3 is 5.97 Å². The third-order valence-corrected chi connectivity index (χ3v) is 9.26. The zero-order valence-corrected chi connectivity index (χ0v) is 21.7. The van der Waals surface area contributed by atoms with E-state index >= 15 is 0 Å². The summed E-state index contributed by atoms with van der Waals surface area (Å²) in [4.78, 5) is 24.3. The van der Waals surface area contributed by atoms with Crippen molar-refractivity contribution in [2.24, 2.45) is 5.92 Å². The number of anilines is 1. The summed E-state index contributed by atoms with van der Waals surface area (Å²) in [5, 5.41) is 15.6. The van der Waals surface area contributed by atoms with Crippen LogP contribution in [-0.4, -0.2) is 28.1 Å². The van der Waals surface area contributed by atoms with Crippen LogP contribution in [0.4, 0.5) is 11.4 Å². The molecule has 3 aromatic rings. The lowest BCUT2D eigenvalue weighted by atomic mass is 9.77. The van der Waals surface area contributed by atoms with Crippen LogP contribution in [0.2, 0.25) is 5.02 Å². The van der Waals surface area contributed by atoms with Gasteiger partial charge in [-0.3, -0.25) is 10.1 Å². The molecule has 5 rings (SSSR count). The SMILES string of the molecule is CCOC(=O)c1ccc2c(c1)[C@@H]1[C@H](Cl)[C@H](Sc3ccccc3[N+](=O)[O-])C[C@@H]1[C@@H](c1ccc(Cl)cc1)N2. The Labute approximate surface area is 223 Å². The highest BCUT2D eigenvalue weighted by molar-refractivity contribution is 8.00. The van der Waals surface area contributed by atoms with Crippen LogP contribution >= 0.6 is 35.0 Å². The van der Waals surface area contributed by atoms with Crippen molar-refractivity contribution in [1.29, 1.82) is 0 Å². The van der Waals surface area contributed by atoms with E-state index in [-0.39, 0.29) is 45.1 Å². The third kappa shape index (κ3) is 4.67. The number of nitro groups is 1. The molecule has 6 nitrogen and oxygen atoms in total. The molecule has 1 heterocycles. The maximum atomic E-state index is 12.5. The molecular weight excluding hydrogens is 519 g/mol. The fraction of sp³-hybridized carbons (Fsp3) is 0.296. The Kier molecular flexibility index (Phi) is 7.15. The Bertz CT molecular complexity index is 1300. The number of thioether (sulfide) groups is 1. The van der Waals surface area contributed by atoms with E-state index in [1.165, 1.54) is 17.8 Å². The number of para-hydroxylation sites is 1. The molecule has 3 aromatic carbocycles. The first-order valence-corrected chi connectivity index (χ1v) is 13.4. The summed E-state index contributed by atoms with van der Waals surface area (Å²) in [6.45, 7) is 2.08. The topological polar surface area (TPSA) is 81.5 Å². The second kappa shape index (κ2) is 10.3. The molecule has 0 amide bonds. The summed E-state index contributed by atoms with van der Waals surface area (Å²) in [6.07, 6.45) is 0.749. The first-order chi connectivity index (χ1) is 17.4. The van der Waals surface area contributed by atoms with Gasteiger partial charge in [0.15, 0.2) is 0 Å². The average Bonchev–Trinajstić information content (AvgIpc) is 3.20. The van der Waals surface area contributed by atoms with Crippen molar-refractivity contribution >= 4 is 52.3 Å². The zero-order valence-electron chi connectivity index (χ0n) is 19.4. The highest BCUT2D eigenvalue weighted by Gasteiger charge is 2.50. The molecule has 0 spiro atoms. The molecule has 1 saturated carbocycles. The standard InChI is InChI=1S/C27H24Cl2N2O4S/c1-2-35-27(32)16-9-12-20-18(13-16)24-19(26(30-20)15-7-10-17(28)11-8-15)14-23(25(24)29)36-22-6-4-3-5-21(22)31(33)34/h3-13,19,23-26,30H,2,14H2,1H3/t19-,23+,24-,25+,26+/m0/s1. The maximum absolute atomic E-state index is 12.5. The molecule has 1 aliphatic heterocycles. The molecule has 5 atom stereocenters. The van der Waals surface area contributed by atoms with Gasteiger partial charge in [0.2, 0.25) is 0 Å². The number of hydrogen-bond donors (Lipinski definition) is 1. The molecule has 0 saturated heterocycles. The summed E-state index contributed by atoms with van der Waals surface area (Å²) in [5.74, 6) is -0.316. The van der Waals surface area contributed by atoms with Gasteiger partial charge in [-0.15, -0.1) is 23.4 Å². The quantitative estimate of drug-likeness (QED) is 0.150. The Balaban J connectivity index is 1.54. The van der Waals surface area contributed by atoms with E-state index < -0.39 is 0 Å². The molecule has 2 aliphatic rings. The molecular formula is C27H24Cl2N2O4S. The molecule has 0 bridgehead atoms. The van der Waals surface area contributed by atoms with E-state index in [0.717, 1.165) is 23.2 Å². The van der Waals surface area contributed by atoms with Crippen LogP contribution in [0.3, 0.4) is 0 Å². The first kappa shape index (κ1) is 24.9. The third-order valence-electron chi connectivity index (χ3n) is 6.89. The number of fused-ring (bicyclic) bond motifs is 3. The van der Waals surface area contributed by atoms with Gasteiger partial charge in [0.1, 0.15) is 0 Å². The average molecular weight is 543 g/mol. The van der Waals surface area contributed by atoms with Crippen molar-refractivity contribution in [2.45, 2.75) is 40.8 Å². The van der Waals surface area contributed by atoms with Crippen LogP contribution in [0.15, 0.2) is 71.6 Å². The summed E-state index contributed by atoms with van der Waals surface area (Å²) in [7, 11) is 0. The molecule has 186 valence electrons. The minimum Gasteiger partial charge on any atom is -0.462 e. The molecule has 0 radical (unpaired) electrons. The Morgan fingerprint density at radius 1 is 1.17 bits per heavy atom. The zero-order chi connectivity index (χ0) is 25.4. The summed E-state index contributed by atoms with van der Waals surface area (Å²) < 4.78 is 5.22. The van der Waals surface area contributed by atoms with Crippen molar-refractivity contribution in [3.8, 4) is 0 Å². The Hall–Kier alpha value is -2.74. The number of nitrogens with zero attached hydrogens (tertiary/aromatic N) is 1. The number of benzene rings is 3. The number of esters is 1. The summed E-state index contributed by atoms with van der Waals surface area (Å²) in [5.41, 5.74) is 3.56. The molecule has 36 heavy (non-hydrogen) atoms. The number of ether oxygens (including phenoxy) is 1. The van der Waals surface area contributed by atoms with Gasteiger partial charge in [0.25, 0.3) is 5.69 Å². The van der Waals surface area contributed by atoms with E-state index in [1.54, 1.807) is 31.2 Å². The highest BCUT2D eigenvalue weighted by atomic mass is 35.5.